The van der Waals surface area contributed by atoms with E-state index in [9.17, 15) is 0 Å². The van der Waals surface area contributed by atoms with E-state index in [1.807, 2.05) is 36.4 Å². The Bertz CT molecular complexity index is 944. The normalized spacial score (nSPS) is 10.7. The molecule has 0 amide bonds. The smallest absolute Gasteiger partial charge is 0.124 e. The third-order valence-electron chi connectivity index (χ3n) is 3.77. The first-order valence-electron chi connectivity index (χ1n) is 7.96. The minimum atomic E-state index is 0.341. The minimum absolute atomic E-state index is 0.341. The molecule has 0 spiro atoms. The standard InChI is InChI=1S/C20H14BrCl4NO/c21-14-2-4-20(27-11-12-1-3-15(22)9-19(12)25)13(5-14)10-26-18-7-16(23)6-17(24)8-18/h1-9,26H,10-11H2. The van der Waals surface area contributed by atoms with Crippen molar-refractivity contribution < 1.29 is 4.74 Å². The largest absolute Gasteiger partial charge is 0.488 e. The predicted molar refractivity (Wildman–Crippen MR) is 119 cm³/mol. The van der Waals surface area contributed by atoms with Crippen LogP contribution in [0.3, 0.4) is 0 Å². The Labute approximate surface area is 186 Å². The van der Waals surface area contributed by atoms with Crippen molar-refractivity contribution in [2.45, 2.75) is 13.2 Å². The molecule has 0 fully saturated rings. The van der Waals surface area contributed by atoms with Gasteiger partial charge >= 0.3 is 0 Å². The molecule has 0 bridgehead atoms. The summed E-state index contributed by atoms with van der Waals surface area (Å²) >= 11 is 27.8. The van der Waals surface area contributed by atoms with Crippen molar-refractivity contribution in [1.29, 1.82) is 0 Å². The van der Waals surface area contributed by atoms with E-state index < -0.39 is 0 Å². The molecule has 0 saturated heterocycles. The first-order valence-corrected chi connectivity index (χ1v) is 10.3. The average Bonchev–Trinajstić information content (AvgIpc) is 2.59. The molecule has 140 valence electrons. The second kappa shape index (κ2) is 9.40. The maximum atomic E-state index is 6.22. The number of benzene rings is 3. The molecule has 7 heteroatoms. The van der Waals surface area contributed by atoms with Crippen molar-refractivity contribution in [2.75, 3.05) is 5.32 Å². The second-order valence-corrected chi connectivity index (χ2v) is 8.42. The lowest BCUT2D eigenvalue weighted by Gasteiger charge is -2.14. The molecule has 0 aliphatic heterocycles. The van der Waals surface area contributed by atoms with Gasteiger partial charge in [-0.2, -0.15) is 0 Å². The Kier molecular flexibility index (Phi) is 7.18. The highest BCUT2D eigenvalue weighted by atomic mass is 79.9. The molecular formula is C20H14BrCl4NO. The van der Waals surface area contributed by atoms with Gasteiger partial charge in [-0.25, -0.2) is 0 Å². The number of nitrogens with one attached hydrogen (secondary N) is 1. The molecule has 0 aliphatic carbocycles. The molecular weight excluding hydrogens is 492 g/mol. The van der Waals surface area contributed by atoms with E-state index in [1.165, 1.54) is 0 Å². The van der Waals surface area contributed by atoms with Gasteiger partial charge in [0.2, 0.25) is 0 Å². The number of ether oxygens (including phenoxy) is 1. The van der Waals surface area contributed by atoms with E-state index in [4.69, 9.17) is 51.1 Å². The van der Waals surface area contributed by atoms with Crippen molar-refractivity contribution in [1.82, 2.24) is 0 Å². The van der Waals surface area contributed by atoms with Crippen LogP contribution in [0.15, 0.2) is 59.1 Å². The van der Waals surface area contributed by atoms with Gasteiger partial charge in [0.15, 0.2) is 0 Å². The van der Waals surface area contributed by atoms with E-state index in [-0.39, 0.29) is 0 Å². The number of anilines is 1. The summed E-state index contributed by atoms with van der Waals surface area (Å²) in [6.45, 7) is 0.882. The first-order chi connectivity index (χ1) is 12.9. The third-order valence-corrected chi connectivity index (χ3v) is 5.28. The highest BCUT2D eigenvalue weighted by Crippen LogP contribution is 2.28. The van der Waals surface area contributed by atoms with Crippen LogP contribution in [0.2, 0.25) is 20.1 Å². The summed E-state index contributed by atoms with van der Waals surface area (Å²) in [6, 6.07) is 16.5. The van der Waals surface area contributed by atoms with Crippen LogP contribution in [0.5, 0.6) is 5.75 Å². The topological polar surface area (TPSA) is 21.3 Å². The second-order valence-electron chi connectivity index (χ2n) is 5.79. The summed E-state index contributed by atoms with van der Waals surface area (Å²) < 4.78 is 6.95. The quantitative estimate of drug-likeness (QED) is 0.364. The van der Waals surface area contributed by atoms with Crippen molar-refractivity contribution >= 4 is 68.0 Å². The summed E-state index contributed by atoms with van der Waals surface area (Å²) in [5, 5.41) is 5.64. The molecule has 3 aromatic carbocycles. The highest BCUT2D eigenvalue weighted by Gasteiger charge is 2.08. The highest BCUT2D eigenvalue weighted by molar-refractivity contribution is 9.10. The molecule has 0 radical (unpaired) electrons. The van der Waals surface area contributed by atoms with Crippen LogP contribution in [-0.4, -0.2) is 0 Å². The summed E-state index contributed by atoms with van der Waals surface area (Å²) in [5.74, 6) is 0.754. The maximum absolute atomic E-state index is 6.22. The molecule has 0 unspecified atom stereocenters. The summed E-state index contributed by atoms with van der Waals surface area (Å²) in [4.78, 5) is 0. The fourth-order valence-corrected chi connectivity index (χ4v) is 3.87. The lowest BCUT2D eigenvalue weighted by atomic mass is 10.2. The van der Waals surface area contributed by atoms with E-state index in [0.29, 0.717) is 33.2 Å². The van der Waals surface area contributed by atoms with Crippen LogP contribution < -0.4 is 10.1 Å². The molecule has 2 nitrogen and oxygen atoms in total. The van der Waals surface area contributed by atoms with E-state index in [2.05, 4.69) is 21.2 Å². The fraction of sp³-hybridized carbons (Fsp3) is 0.100. The summed E-state index contributed by atoms with van der Waals surface area (Å²) in [6.07, 6.45) is 0. The Morgan fingerprint density at radius 3 is 2.22 bits per heavy atom. The molecule has 0 saturated carbocycles. The van der Waals surface area contributed by atoms with Gasteiger partial charge in [-0.3, -0.25) is 0 Å². The van der Waals surface area contributed by atoms with Crippen molar-refractivity contribution in [2.24, 2.45) is 0 Å². The molecule has 0 heterocycles. The predicted octanol–water partition coefficient (Wildman–Crippen LogP) is 8.25. The molecule has 0 aromatic heterocycles. The van der Waals surface area contributed by atoms with Crippen molar-refractivity contribution in [3.63, 3.8) is 0 Å². The zero-order valence-electron chi connectivity index (χ0n) is 13.9. The Morgan fingerprint density at radius 2 is 1.52 bits per heavy atom. The van der Waals surface area contributed by atoms with Gasteiger partial charge in [-0.1, -0.05) is 68.4 Å². The molecule has 27 heavy (non-hydrogen) atoms. The van der Waals surface area contributed by atoms with Crippen molar-refractivity contribution in [3.8, 4) is 5.75 Å². The average molecular weight is 506 g/mol. The van der Waals surface area contributed by atoms with Gasteiger partial charge in [0, 0.05) is 47.9 Å². The maximum Gasteiger partial charge on any atom is 0.124 e. The van der Waals surface area contributed by atoms with Crippen LogP contribution >= 0.6 is 62.3 Å². The van der Waals surface area contributed by atoms with Crippen LogP contribution in [-0.2, 0) is 13.2 Å². The fourth-order valence-electron chi connectivity index (χ4n) is 2.47. The van der Waals surface area contributed by atoms with Crippen LogP contribution in [0.1, 0.15) is 11.1 Å². The molecule has 0 aliphatic rings. The van der Waals surface area contributed by atoms with Gasteiger partial charge in [0.1, 0.15) is 12.4 Å². The van der Waals surface area contributed by atoms with E-state index >= 15 is 0 Å². The van der Waals surface area contributed by atoms with Crippen LogP contribution in [0, 0.1) is 0 Å². The Morgan fingerprint density at radius 1 is 0.778 bits per heavy atom. The zero-order valence-corrected chi connectivity index (χ0v) is 18.5. The van der Waals surface area contributed by atoms with Gasteiger partial charge in [-0.15, -0.1) is 0 Å². The number of halogens is 5. The van der Waals surface area contributed by atoms with Crippen molar-refractivity contribution in [3.05, 3.63) is 90.3 Å². The molecule has 0 atom stereocenters. The van der Waals surface area contributed by atoms with Gasteiger partial charge < -0.3 is 10.1 Å². The lowest BCUT2D eigenvalue weighted by molar-refractivity contribution is 0.303. The first kappa shape index (κ1) is 20.6. The minimum Gasteiger partial charge on any atom is -0.488 e. The van der Waals surface area contributed by atoms with E-state index in [0.717, 1.165) is 27.0 Å². The summed E-state index contributed by atoms with van der Waals surface area (Å²) in [5.41, 5.74) is 2.68. The zero-order chi connectivity index (χ0) is 19.4. The number of hydrogen-bond donors (Lipinski definition) is 1. The van der Waals surface area contributed by atoms with Crippen LogP contribution in [0.25, 0.3) is 0 Å². The SMILES string of the molecule is Clc1cc(Cl)cc(NCc2cc(Br)ccc2OCc2ccc(Cl)cc2Cl)c1. The monoisotopic (exact) mass is 503 g/mol. The lowest BCUT2D eigenvalue weighted by Crippen LogP contribution is -2.04. The Hall–Kier alpha value is -1.10. The molecule has 1 N–H and O–H groups in total. The van der Waals surface area contributed by atoms with Gasteiger partial charge in [-0.05, 0) is 48.5 Å². The molecule has 3 rings (SSSR count). The number of rotatable bonds is 6. The van der Waals surface area contributed by atoms with Crippen LogP contribution in [0.4, 0.5) is 5.69 Å². The Balaban J connectivity index is 1.74. The summed E-state index contributed by atoms with van der Waals surface area (Å²) in [7, 11) is 0. The number of hydrogen-bond acceptors (Lipinski definition) is 2. The molecule has 3 aromatic rings. The van der Waals surface area contributed by atoms with Gasteiger partial charge in [0.05, 0.1) is 0 Å². The third kappa shape index (κ3) is 5.94. The van der Waals surface area contributed by atoms with E-state index in [1.54, 1.807) is 18.2 Å². The van der Waals surface area contributed by atoms with Gasteiger partial charge in [0.25, 0.3) is 0 Å².